The molecule has 0 aliphatic carbocycles. The van der Waals surface area contributed by atoms with Gasteiger partial charge in [0.1, 0.15) is 11.5 Å². The molecule has 0 aliphatic rings. The van der Waals surface area contributed by atoms with Crippen molar-refractivity contribution >= 4 is 24.5 Å². The Labute approximate surface area is 116 Å². The fourth-order valence-corrected chi connectivity index (χ4v) is 1.71. The van der Waals surface area contributed by atoms with Crippen LogP contribution >= 0.6 is 24.5 Å². The van der Waals surface area contributed by atoms with Gasteiger partial charge in [0.2, 0.25) is 0 Å². The van der Waals surface area contributed by atoms with Gasteiger partial charge < -0.3 is 9.29 Å². The Balaban J connectivity index is 2.31. The van der Waals surface area contributed by atoms with E-state index in [1.807, 2.05) is 0 Å². The lowest BCUT2D eigenvalue weighted by molar-refractivity contribution is 0.474. The molecule has 0 atom stereocenters. The van der Waals surface area contributed by atoms with Crippen molar-refractivity contribution in [2.24, 2.45) is 0 Å². The van der Waals surface area contributed by atoms with E-state index in [9.17, 15) is 5.11 Å². The topological polar surface area (TPSA) is 29.5 Å². The molecule has 0 bridgehead atoms. The van der Waals surface area contributed by atoms with Gasteiger partial charge in [-0.3, -0.25) is 0 Å². The van der Waals surface area contributed by atoms with Crippen LogP contribution in [0.15, 0.2) is 42.5 Å². The number of aromatic hydroxyl groups is 1. The van der Waals surface area contributed by atoms with E-state index in [2.05, 4.69) is 24.8 Å². The largest absolute Gasteiger partial charge is 0.507 e. The first-order chi connectivity index (χ1) is 8.70. The van der Waals surface area contributed by atoms with Gasteiger partial charge in [0.15, 0.2) is 0 Å². The van der Waals surface area contributed by atoms with E-state index in [-0.39, 0.29) is 5.75 Å². The van der Waals surface area contributed by atoms with E-state index in [1.165, 1.54) is 0 Å². The summed E-state index contributed by atoms with van der Waals surface area (Å²) >= 11 is 9.64. The highest BCUT2D eigenvalue weighted by atomic mass is 35.5. The van der Waals surface area contributed by atoms with Crippen LogP contribution in [0.2, 0.25) is 5.02 Å². The molecule has 4 heteroatoms. The number of hydrogen-bond donors (Lipinski definition) is 2. The molecule has 0 saturated heterocycles. The van der Waals surface area contributed by atoms with Crippen LogP contribution in [-0.2, 0) is 0 Å². The number of rotatable bonds is 1. The molecule has 2 aromatic rings. The molecular weight excluding hydrogens is 268 g/mol. The fourth-order valence-electron chi connectivity index (χ4n) is 1.37. The minimum Gasteiger partial charge on any atom is -0.507 e. The molecule has 0 fully saturated rings. The van der Waals surface area contributed by atoms with Crippen molar-refractivity contribution in [2.45, 2.75) is 0 Å². The van der Waals surface area contributed by atoms with Gasteiger partial charge in [-0.2, -0.15) is 0 Å². The van der Waals surface area contributed by atoms with Crippen molar-refractivity contribution in [3.05, 3.63) is 58.6 Å². The Bertz CT molecular complexity index is 592. The number of benzene rings is 2. The van der Waals surface area contributed by atoms with Crippen LogP contribution < -0.4 is 4.18 Å². The Kier molecular flexibility index (Phi) is 4.03. The molecule has 0 aliphatic heterocycles. The molecule has 90 valence electrons. The maximum atomic E-state index is 9.63. The van der Waals surface area contributed by atoms with Crippen LogP contribution in [-0.4, -0.2) is 5.11 Å². The van der Waals surface area contributed by atoms with Gasteiger partial charge >= 0.3 is 0 Å². The zero-order valence-electron chi connectivity index (χ0n) is 9.22. The first-order valence-corrected chi connectivity index (χ1v) is 5.86. The van der Waals surface area contributed by atoms with Crippen molar-refractivity contribution in [3.8, 4) is 23.3 Å². The normalized spacial score (nSPS) is 9.44. The van der Waals surface area contributed by atoms with Crippen molar-refractivity contribution in [3.63, 3.8) is 0 Å². The molecule has 1 N–H and O–H groups in total. The molecule has 2 nitrogen and oxygen atoms in total. The summed E-state index contributed by atoms with van der Waals surface area (Å²) in [5.41, 5.74) is 1.22. The van der Waals surface area contributed by atoms with Crippen LogP contribution in [0.25, 0.3) is 0 Å². The predicted octanol–water partition coefficient (Wildman–Crippen LogP) is 3.67. The molecule has 2 rings (SSSR count). The van der Waals surface area contributed by atoms with Gasteiger partial charge in [-0.15, -0.1) is 0 Å². The summed E-state index contributed by atoms with van der Waals surface area (Å²) in [7, 11) is 0. The second-order valence-electron chi connectivity index (χ2n) is 3.50. The van der Waals surface area contributed by atoms with E-state index in [0.29, 0.717) is 16.3 Å². The lowest BCUT2D eigenvalue weighted by atomic mass is 10.1. The maximum absolute atomic E-state index is 9.63. The third-order valence-electron chi connectivity index (χ3n) is 2.28. The Morgan fingerprint density at radius 3 is 2.39 bits per heavy atom. The summed E-state index contributed by atoms with van der Waals surface area (Å²) in [6, 6.07) is 12.0. The summed E-state index contributed by atoms with van der Waals surface area (Å²) < 4.78 is 4.76. The van der Waals surface area contributed by atoms with E-state index >= 15 is 0 Å². The number of halogens is 1. The third kappa shape index (κ3) is 2.92. The zero-order chi connectivity index (χ0) is 13.0. The zero-order valence-corrected chi connectivity index (χ0v) is 10.9. The highest BCUT2D eigenvalue weighted by Crippen LogP contribution is 2.24. The number of hydrogen-bond acceptors (Lipinski definition) is 3. The predicted molar refractivity (Wildman–Crippen MR) is 75.2 cm³/mol. The van der Waals surface area contributed by atoms with Crippen LogP contribution in [0.5, 0.6) is 11.5 Å². The standard InChI is InChI=1S/C14H9ClO2S/c15-13-2-1-3-14(16)12(13)9-6-10-4-7-11(17-18)8-5-10/h1-5,7-8,16,18H. The summed E-state index contributed by atoms with van der Waals surface area (Å²) in [4.78, 5) is 0. The van der Waals surface area contributed by atoms with Gasteiger partial charge in [0.25, 0.3) is 0 Å². The van der Waals surface area contributed by atoms with Gasteiger partial charge in [-0.25, -0.2) is 0 Å². The van der Waals surface area contributed by atoms with Gasteiger partial charge in [0.05, 0.1) is 10.6 Å². The second-order valence-corrected chi connectivity index (χ2v) is 4.09. The lowest BCUT2D eigenvalue weighted by Crippen LogP contribution is -1.80. The van der Waals surface area contributed by atoms with Crippen molar-refractivity contribution < 1.29 is 9.29 Å². The molecule has 0 spiro atoms. The third-order valence-corrected chi connectivity index (χ3v) is 2.81. The summed E-state index contributed by atoms with van der Waals surface area (Å²) in [5.74, 6) is 6.48. The number of phenols is 1. The minimum atomic E-state index is 0.0744. The molecule has 0 amide bonds. The van der Waals surface area contributed by atoms with Crippen LogP contribution in [0, 0.1) is 11.8 Å². The van der Waals surface area contributed by atoms with Crippen LogP contribution in [0.3, 0.4) is 0 Å². The molecule has 18 heavy (non-hydrogen) atoms. The van der Waals surface area contributed by atoms with Crippen LogP contribution in [0.1, 0.15) is 11.1 Å². The summed E-state index contributed by atoms with van der Waals surface area (Å²) in [6.07, 6.45) is 0. The highest BCUT2D eigenvalue weighted by Gasteiger charge is 2.01. The highest BCUT2D eigenvalue weighted by molar-refractivity contribution is 7.75. The van der Waals surface area contributed by atoms with Gasteiger partial charge in [-0.05, 0) is 36.4 Å². The van der Waals surface area contributed by atoms with Crippen LogP contribution in [0.4, 0.5) is 0 Å². The number of phenolic OH excluding ortho intramolecular Hbond substituents is 1. The van der Waals surface area contributed by atoms with Gasteiger partial charge in [0, 0.05) is 18.5 Å². The molecule has 0 radical (unpaired) electrons. The second kappa shape index (κ2) is 5.72. The Morgan fingerprint density at radius 1 is 1.06 bits per heavy atom. The van der Waals surface area contributed by atoms with E-state index in [4.69, 9.17) is 15.8 Å². The average molecular weight is 277 g/mol. The molecule has 0 saturated carbocycles. The molecular formula is C14H9ClO2S. The van der Waals surface area contributed by atoms with E-state index < -0.39 is 0 Å². The van der Waals surface area contributed by atoms with Crippen molar-refractivity contribution in [2.75, 3.05) is 0 Å². The first-order valence-electron chi connectivity index (χ1n) is 5.11. The van der Waals surface area contributed by atoms with Crippen molar-refractivity contribution in [1.29, 1.82) is 0 Å². The van der Waals surface area contributed by atoms with Gasteiger partial charge in [-0.1, -0.05) is 29.5 Å². The maximum Gasteiger partial charge on any atom is 0.137 e. The van der Waals surface area contributed by atoms with E-state index in [0.717, 1.165) is 5.56 Å². The SMILES string of the molecule is Oc1cccc(Cl)c1C#Cc1ccc(OS)cc1. The first kappa shape index (κ1) is 12.7. The summed E-state index contributed by atoms with van der Waals surface area (Å²) in [5, 5.41) is 10.1. The molecule has 0 heterocycles. The minimum absolute atomic E-state index is 0.0744. The summed E-state index contributed by atoms with van der Waals surface area (Å²) in [6.45, 7) is 0. The smallest absolute Gasteiger partial charge is 0.137 e. The average Bonchev–Trinajstić information content (AvgIpc) is 2.39. The fraction of sp³-hybridized carbons (Fsp3) is 0. The molecule has 0 aromatic heterocycles. The molecule has 2 aromatic carbocycles. The van der Waals surface area contributed by atoms with Crippen molar-refractivity contribution in [1.82, 2.24) is 0 Å². The monoisotopic (exact) mass is 276 g/mol. The lowest BCUT2D eigenvalue weighted by Gasteiger charge is -1.98. The van der Waals surface area contributed by atoms with E-state index in [1.54, 1.807) is 42.5 Å². The Hall–Kier alpha value is -1.76. The number of thiol groups is 1. The quantitative estimate of drug-likeness (QED) is 0.473. The molecule has 0 unspecified atom stereocenters. The Morgan fingerprint density at radius 2 is 1.78 bits per heavy atom.